The Morgan fingerprint density at radius 1 is 0.333 bits per heavy atom. The predicted molar refractivity (Wildman–Crippen MR) is 270 cm³/mol. The summed E-state index contributed by atoms with van der Waals surface area (Å²) in [5, 5.41) is 0. The lowest BCUT2D eigenvalue weighted by atomic mass is 10.1. The van der Waals surface area contributed by atoms with Crippen LogP contribution in [-0.2, 0) is 28.6 Å². The fraction of sp³-hybridized carbons (Fsp3) is 0.667. The first-order chi connectivity index (χ1) is 31.0. The predicted octanol–water partition coefficient (Wildman–Crippen LogP) is 17.0. The van der Waals surface area contributed by atoms with Gasteiger partial charge in [0.05, 0.1) is 0 Å². The Balaban J connectivity index is 4.51. The van der Waals surface area contributed by atoms with E-state index in [9.17, 15) is 14.4 Å². The van der Waals surface area contributed by atoms with E-state index in [-0.39, 0.29) is 37.5 Å². The summed E-state index contributed by atoms with van der Waals surface area (Å²) in [6.07, 6.45) is 66.8. The minimum atomic E-state index is -0.813. The quantitative estimate of drug-likeness (QED) is 0.0262. The molecule has 0 aliphatic carbocycles. The smallest absolute Gasteiger partial charge is 0.306 e. The third-order valence-electron chi connectivity index (χ3n) is 10.6. The van der Waals surface area contributed by atoms with E-state index in [4.69, 9.17) is 14.2 Å². The summed E-state index contributed by atoms with van der Waals surface area (Å²) in [5.74, 6) is -1.01. The molecule has 63 heavy (non-hydrogen) atoms. The molecule has 1 atom stereocenters. The van der Waals surface area contributed by atoms with Crippen molar-refractivity contribution in [3.05, 3.63) is 97.2 Å². The van der Waals surface area contributed by atoms with Crippen molar-refractivity contribution >= 4 is 17.9 Å². The van der Waals surface area contributed by atoms with Crippen molar-refractivity contribution < 1.29 is 28.6 Å². The average Bonchev–Trinajstić information content (AvgIpc) is 3.28. The summed E-state index contributed by atoms with van der Waals surface area (Å²) >= 11 is 0. The van der Waals surface area contributed by atoms with Gasteiger partial charge < -0.3 is 14.2 Å². The van der Waals surface area contributed by atoms with Crippen LogP contribution in [0.3, 0.4) is 0 Å². The zero-order valence-corrected chi connectivity index (χ0v) is 40.8. The zero-order valence-electron chi connectivity index (χ0n) is 40.8. The van der Waals surface area contributed by atoms with Gasteiger partial charge >= 0.3 is 17.9 Å². The number of esters is 3. The van der Waals surface area contributed by atoms with Crippen LogP contribution in [0.2, 0.25) is 0 Å². The van der Waals surface area contributed by atoms with E-state index in [1.807, 2.05) is 12.2 Å². The van der Waals surface area contributed by atoms with Crippen LogP contribution in [0.5, 0.6) is 0 Å². The summed E-state index contributed by atoms with van der Waals surface area (Å²) in [7, 11) is 0. The maximum Gasteiger partial charge on any atom is 0.306 e. The molecular weight excluding hydrogens is 781 g/mol. The second-order valence-corrected chi connectivity index (χ2v) is 16.7. The molecule has 0 spiro atoms. The van der Waals surface area contributed by atoms with E-state index in [0.29, 0.717) is 19.3 Å². The molecule has 0 unspecified atom stereocenters. The maximum atomic E-state index is 12.8. The van der Waals surface area contributed by atoms with Crippen LogP contribution in [0.4, 0.5) is 0 Å². The molecule has 0 aliphatic heterocycles. The van der Waals surface area contributed by atoms with Gasteiger partial charge in [-0.15, -0.1) is 0 Å². The second kappa shape index (κ2) is 51.0. The van der Waals surface area contributed by atoms with Crippen molar-refractivity contribution in [2.45, 2.75) is 232 Å². The SMILES string of the molecule is CC/C=C\C/C=C\C/C=C\C/C=C\C/C=C\C/C=C\CCC(=O)OC[C@@H](COC(=O)CCCCCCCCCCCCC)OC(=O)CCCCCCC/C=C\C/C=C\CCCCC. The number of carbonyl (C=O) groups is 3. The zero-order chi connectivity index (χ0) is 45.8. The molecule has 0 fully saturated rings. The van der Waals surface area contributed by atoms with Crippen molar-refractivity contribution in [2.24, 2.45) is 0 Å². The van der Waals surface area contributed by atoms with Crippen LogP contribution in [0, 0.1) is 0 Å². The van der Waals surface area contributed by atoms with Gasteiger partial charge in [0.2, 0.25) is 0 Å². The standard InChI is InChI=1S/C57H94O6/c1-4-7-10-13-16-19-22-24-26-27-28-29-31-32-35-38-41-44-47-50-56(59)62-53-54(52-61-55(58)49-46-43-40-37-34-21-18-15-12-9-6-3)63-57(60)51-48-45-42-39-36-33-30-25-23-20-17-14-11-8-5-2/h7,10,16-17,19-20,24-26,28-30,32,35,41,44,54H,4-6,8-9,11-15,18,21-23,27,31,33-34,36-40,42-43,45-53H2,1-3H3/b10-7-,19-16-,20-17-,26-24-,29-28-,30-25-,35-32-,44-41-/t54-/m1/s1. The second-order valence-electron chi connectivity index (χ2n) is 16.7. The van der Waals surface area contributed by atoms with Gasteiger partial charge in [-0.05, 0) is 89.9 Å². The Bertz CT molecular complexity index is 1280. The van der Waals surface area contributed by atoms with Gasteiger partial charge in [-0.25, -0.2) is 0 Å². The number of ether oxygens (including phenoxy) is 3. The number of hydrogen-bond donors (Lipinski definition) is 0. The molecule has 0 aliphatic rings. The summed E-state index contributed by atoms with van der Waals surface area (Å²) < 4.78 is 16.7. The fourth-order valence-corrected chi connectivity index (χ4v) is 6.73. The lowest BCUT2D eigenvalue weighted by Crippen LogP contribution is -2.30. The molecule has 0 N–H and O–H groups in total. The van der Waals surface area contributed by atoms with E-state index >= 15 is 0 Å². The van der Waals surface area contributed by atoms with Crippen LogP contribution in [0.1, 0.15) is 226 Å². The summed E-state index contributed by atoms with van der Waals surface area (Å²) in [4.78, 5) is 37.9. The lowest BCUT2D eigenvalue weighted by Gasteiger charge is -2.18. The molecule has 0 saturated heterocycles. The monoisotopic (exact) mass is 875 g/mol. The van der Waals surface area contributed by atoms with Crippen molar-refractivity contribution in [1.82, 2.24) is 0 Å². The molecule has 0 bridgehead atoms. The van der Waals surface area contributed by atoms with Gasteiger partial charge in [-0.1, -0.05) is 214 Å². The van der Waals surface area contributed by atoms with E-state index in [1.54, 1.807) is 0 Å². The summed E-state index contributed by atoms with van der Waals surface area (Å²) in [5.41, 5.74) is 0. The van der Waals surface area contributed by atoms with Crippen molar-refractivity contribution in [1.29, 1.82) is 0 Å². The highest BCUT2D eigenvalue weighted by Gasteiger charge is 2.19. The first kappa shape index (κ1) is 59.3. The third-order valence-corrected chi connectivity index (χ3v) is 10.6. The fourth-order valence-electron chi connectivity index (χ4n) is 6.73. The van der Waals surface area contributed by atoms with Crippen molar-refractivity contribution in [3.63, 3.8) is 0 Å². The highest BCUT2D eigenvalue weighted by Crippen LogP contribution is 2.14. The largest absolute Gasteiger partial charge is 0.462 e. The van der Waals surface area contributed by atoms with Crippen LogP contribution in [0.25, 0.3) is 0 Å². The Labute approximate surface area is 387 Å². The van der Waals surface area contributed by atoms with Crippen LogP contribution < -0.4 is 0 Å². The number of allylic oxidation sites excluding steroid dienone is 16. The number of rotatable bonds is 45. The molecule has 6 heteroatoms. The molecular formula is C57H94O6. The Morgan fingerprint density at radius 2 is 0.651 bits per heavy atom. The first-order valence-corrected chi connectivity index (χ1v) is 25.7. The van der Waals surface area contributed by atoms with Crippen LogP contribution >= 0.6 is 0 Å². The lowest BCUT2D eigenvalue weighted by molar-refractivity contribution is -0.166. The molecule has 0 aromatic carbocycles. The van der Waals surface area contributed by atoms with Gasteiger partial charge in [0, 0.05) is 19.3 Å². The molecule has 0 amide bonds. The molecule has 0 saturated carbocycles. The summed E-state index contributed by atoms with van der Waals surface area (Å²) in [6.45, 7) is 6.40. The molecule has 0 heterocycles. The number of hydrogen-bond acceptors (Lipinski definition) is 6. The minimum Gasteiger partial charge on any atom is -0.462 e. The third kappa shape index (κ3) is 49.2. The summed E-state index contributed by atoms with van der Waals surface area (Å²) in [6, 6.07) is 0. The van der Waals surface area contributed by atoms with Crippen molar-refractivity contribution in [2.75, 3.05) is 13.2 Å². The van der Waals surface area contributed by atoms with Gasteiger partial charge in [-0.3, -0.25) is 14.4 Å². The Hall–Kier alpha value is -3.67. The highest BCUT2D eigenvalue weighted by atomic mass is 16.6. The Kier molecular flexibility index (Phi) is 48.0. The molecule has 6 nitrogen and oxygen atoms in total. The van der Waals surface area contributed by atoms with E-state index < -0.39 is 6.10 Å². The molecule has 0 rings (SSSR count). The van der Waals surface area contributed by atoms with E-state index in [0.717, 1.165) is 103 Å². The molecule has 358 valence electrons. The van der Waals surface area contributed by atoms with E-state index in [2.05, 4.69) is 106 Å². The highest BCUT2D eigenvalue weighted by molar-refractivity contribution is 5.71. The van der Waals surface area contributed by atoms with Crippen molar-refractivity contribution in [3.8, 4) is 0 Å². The Morgan fingerprint density at radius 3 is 1.10 bits per heavy atom. The number of unbranched alkanes of at least 4 members (excludes halogenated alkanes) is 18. The van der Waals surface area contributed by atoms with Crippen LogP contribution in [0.15, 0.2) is 97.2 Å². The molecule has 0 aromatic rings. The van der Waals surface area contributed by atoms with E-state index in [1.165, 1.54) is 77.0 Å². The maximum absolute atomic E-state index is 12.8. The molecule has 0 aromatic heterocycles. The van der Waals surface area contributed by atoms with Gasteiger partial charge in [0.25, 0.3) is 0 Å². The normalized spacial score (nSPS) is 12.9. The van der Waals surface area contributed by atoms with Gasteiger partial charge in [-0.2, -0.15) is 0 Å². The van der Waals surface area contributed by atoms with Gasteiger partial charge in [0.1, 0.15) is 13.2 Å². The first-order valence-electron chi connectivity index (χ1n) is 25.7. The van der Waals surface area contributed by atoms with Crippen LogP contribution in [-0.4, -0.2) is 37.2 Å². The molecule has 0 radical (unpaired) electrons. The minimum absolute atomic E-state index is 0.106. The average molecular weight is 875 g/mol. The number of carbonyl (C=O) groups excluding carboxylic acids is 3. The topological polar surface area (TPSA) is 78.9 Å². The van der Waals surface area contributed by atoms with Gasteiger partial charge in [0.15, 0.2) is 6.10 Å².